The zero-order valence-corrected chi connectivity index (χ0v) is 13.5. The van der Waals surface area contributed by atoms with Crippen LogP contribution in [0.2, 0.25) is 0 Å². The molecule has 0 aliphatic rings. The van der Waals surface area contributed by atoms with E-state index in [1.54, 1.807) is 18.2 Å². The van der Waals surface area contributed by atoms with Crippen LogP contribution in [0.4, 0.5) is 17.2 Å². The number of nitrogen functional groups attached to an aromatic ring is 1. The third-order valence-electron chi connectivity index (χ3n) is 2.55. The number of rotatable bonds is 3. The van der Waals surface area contributed by atoms with Crippen molar-refractivity contribution in [2.75, 3.05) is 11.1 Å². The Kier molecular flexibility index (Phi) is 4.53. The molecule has 0 saturated carbocycles. The van der Waals surface area contributed by atoms with Crippen molar-refractivity contribution in [3.63, 3.8) is 0 Å². The van der Waals surface area contributed by atoms with Crippen molar-refractivity contribution >= 4 is 55.0 Å². The van der Waals surface area contributed by atoms with E-state index in [0.717, 1.165) is 12.3 Å². The summed E-state index contributed by atoms with van der Waals surface area (Å²) < 4.78 is 1.27. The molecule has 0 unspecified atom stereocenters. The van der Waals surface area contributed by atoms with E-state index < -0.39 is 16.5 Å². The van der Waals surface area contributed by atoms with Crippen LogP contribution in [0.5, 0.6) is 0 Å². The van der Waals surface area contributed by atoms with Crippen LogP contribution in [0.3, 0.4) is 0 Å². The number of nitrogens with zero attached hydrogens (tertiary/aromatic N) is 2. The molecule has 1 heterocycles. The highest BCUT2D eigenvalue weighted by atomic mass is 79.9. The Morgan fingerprint density at radius 2 is 1.95 bits per heavy atom. The molecule has 1 aromatic carbocycles. The fourth-order valence-electron chi connectivity index (χ4n) is 1.59. The van der Waals surface area contributed by atoms with Gasteiger partial charge in [-0.2, -0.15) is 0 Å². The van der Waals surface area contributed by atoms with E-state index in [-0.39, 0.29) is 11.4 Å². The predicted octanol–water partition coefficient (Wildman–Crippen LogP) is 3.35. The molecular formula is C12H8Br2N4O3. The maximum absolute atomic E-state index is 12.3. The van der Waals surface area contributed by atoms with E-state index in [0.29, 0.717) is 14.6 Å². The van der Waals surface area contributed by atoms with E-state index in [4.69, 9.17) is 5.73 Å². The number of carbonyl (C=O) groups excluding carboxylic acids is 1. The van der Waals surface area contributed by atoms with Gasteiger partial charge in [-0.1, -0.05) is 6.07 Å². The summed E-state index contributed by atoms with van der Waals surface area (Å²) in [7, 11) is 0. The molecule has 108 valence electrons. The molecule has 3 N–H and O–H groups in total. The minimum atomic E-state index is -0.684. The Morgan fingerprint density at radius 1 is 1.33 bits per heavy atom. The fraction of sp³-hybridized carbons (Fsp3) is 0. The summed E-state index contributed by atoms with van der Waals surface area (Å²) in [6.45, 7) is 0. The van der Waals surface area contributed by atoms with E-state index in [1.165, 1.54) is 0 Å². The number of hydrogen-bond donors (Lipinski definition) is 2. The highest BCUT2D eigenvalue weighted by Crippen LogP contribution is 2.31. The number of pyridine rings is 1. The van der Waals surface area contributed by atoms with E-state index in [2.05, 4.69) is 42.2 Å². The van der Waals surface area contributed by atoms with Crippen molar-refractivity contribution in [2.24, 2.45) is 0 Å². The van der Waals surface area contributed by atoms with Crippen LogP contribution in [-0.4, -0.2) is 15.8 Å². The lowest BCUT2D eigenvalue weighted by Gasteiger charge is -2.10. The summed E-state index contributed by atoms with van der Waals surface area (Å²) in [5, 5.41) is 13.5. The minimum Gasteiger partial charge on any atom is -0.384 e. The second kappa shape index (κ2) is 6.19. The second-order valence-electron chi connectivity index (χ2n) is 3.93. The van der Waals surface area contributed by atoms with Crippen molar-refractivity contribution in [1.82, 2.24) is 4.98 Å². The molecule has 0 aliphatic carbocycles. The molecule has 0 spiro atoms. The summed E-state index contributed by atoms with van der Waals surface area (Å²) in [4.78, 5) is 26.1. The maximum atomic E-state index is 12.3. The highest BCUT2D eigenvalue weighted by Gasteiger charge is 2.22. The quantitative estimate of drug-likeness (QED) is 0.589. The van der Waals surface area contributed by atoms with Crippen LogP contribution in [0, 0.1) is 10.1 Å². The van der Waals surface area contributed by atoms with Crippen LogP contribution in [-0.2, 0) is 0 Å². The minimum absolute atomic E-state index is 0.0249. The van der Waals surface area contributed by atoms with E-state index in [1.807, 2.05) is 0 Å². The van der Waals surface area contributed by atoms with Crippen molar-refractivity contribution in [2.45, 2.75) is 0 Å². The van der Waals surface area contributed by atoms with Crippen LogP contribution >= 0.6 is 31.9 Å². The number of nitrogens with one attached hydrogen (secondary N) is 1. The number of hydrogen-bond acceptors (Lipinski definition) is 5. The fourth-order valence-corrected chi connectivity index (χ4v) is 2.79. The lowest BCUT2D eigenvalue weighted by Crippen LogP contribution is -2.15. The molecule has 7 nitrogen and oxygen atoms in total. The van der Waals surface area contributed by atoms with E-state index in [9.17, 15) is 14.9 Å². The molecular weight excluding hydrogens is 408 g/mol. The number of para-hydroxylation sites is 1. The Labute approximate surface area is 136 Å². The lowest BCUT2D eigenvalue weighted by atomic mass is 10.2. The third kappa shape index (κ3) is 3.37. The summed E-state index contributed by atoms with van der Waals surface area (Å²) in [5.74, 6) is -0.625. The van der Waals surface area contributed by atoms with Gasteiger partial charge in [0.05, 0.1) is 10.6 Å². The normalized spacial score (nSPS) is 10.2. The number of carbonyl (C=O) groups is 1. The van der Waals surface area contributed by atoms with Gasteiger partial charge in [-0.05, 0) is 50.1 Å². The van der Waals surface area contributed by atoms with Crippen LogP contribution in [0.15, 0.2) is 39.4 Å². The average Bonchev–Trinajstić information content (AvgIpc) is 2.42. The van der Waals surface area contributed by atoms with Gasteiger partial charge in [0.1, 0.15) is 17.6 Å². The second-order valence-corrected chi connectivity index (χ2v) is 5.64. The number of halogens is 2. The number of anilines is 2. The molecule has 0 radical (unpaired) electrons. The van der Waals surface area contributed by atoms with Crippen LogP contribution in [0.1, 0.15) is 10.4 Å². The van der Waals surface area contributed by atoms with Crippen LogP contribution in [0.25, 0.3) is 0 Å². The Balaban J connectivity index is 2.41. The third-order valence-corrected chi connectivity index (χ3v) is 3.87. The maximum Gasteiger partial charge on any atom is 0.300 e. The molecule has 0 bridgehead atoms. The number of amides is 1. The Hall–Kier alpha value is -2.00. The summed E-state index contributed by atoms with van der Waals surface area (Å²) >= 11 is 6.59. The molecule has 21 heavy (non-hydrogen) atoms. The molecule has 1 aromatic heterocycles. The Bertz CT molecular complexity index is 716. The molecule has 2 aromatic rings. The summed E-state index contributed by atoms with van der Waals surface area (Å²) in [6, 6.07) is 6.40. The smallest absolute Gasteiger partial charge is 0.300 e. The Morgan fingerprint density at radius 3 is 2.52 bits per heavy atom. The summed E-state index contributed by atoms with van der Waals surface area (Å²) in [5.41, 5.74) is 5.38. The van der Waals surface area contributed by atoms with Gasteiger partial charge in [-0.3, -0.25) is 14.9 Å². The molecule has 9 heteroatoms. The van der Waals surface area contributed by atoms with Crippen molar-refractivity contribution in [1.29, 1.82) is 0 Å². The lowest BCUT2D eigenvalue weighted by molar-refractivity contribution is -0.385. The van der Waals surface area contributed by atoms with Gasteiger partial charge in [-0.15, -0.1) is 0 Å². The van der Waals surface area contributed by atoms with Crippen molar-refractivity contribution in [3.05, 3.63) is 55.1 Å². The van der Waals surface area contributed by atoms with E-state index >= 15 is 0 Å². The van der Waals surface area contributed by atoms with Crippen molar-refractivity contribution < 1.29 is 9.72 Å². The molecule has 0 atom stereocenters. The van der Waals surface area contributed by atoms with Gasteiger partial charge >= 0.3 is 0 Å². The standard InChI is InChI=1S/C12H8Br2N4O3/c13-7-2-1-3-8(14)11(7)17-12(19)6-4-10(15)16-5-9(6)18(20)21/h1-5H,(H2,15,16)(H,17,19). The molecule has 0 saturated heterocycles. The number of nitrogens with two attached hydrogens (primary N) is 1. The largest absolute Gasteiger partial charge is 0.384 e. The SMILES string of the molecule is Nc1cc(C(=O)Nc2c(Br)cccc2Br)c([N+](=O)[O-])cn1. The monoisotopic (exact) mass is 414 g/mol. The van der Waals surface area contributed by atoms with Gasteiger partial charge in [-0.25, -0.2) is 4.98 Å². The molecule has 0 fully saturated rings. The van der Waals surface area contributed by atoms with Crippen LogP contribution < -0.4 is 11.1 Å². The topological polar surface area (TPSA) is 111 Å². The molecule has 0 aliphatic heterocycles. The van der Waals surface area contributed by atoms with Crippen molar-refractivity contribution in [3.8, 4) is 0 Å². The highest BCUT2D eigenvalue weighted by molar-refractivity contribution is 9.11. The average molecular weight is 416 g/mol. The number of aromatic nitrogens is 1. The first kappa shape index (κ1) is 15.4. The van der Waals surface area contributed by atoms with Gasteiger partial charge in [0.25, 0.3) is 11.6 Å². The molecule has 1 amide bonds. The first-order chi connectivity index (χ1) is 9.90. The zero-order valence-electron chi connectivity index (χ0n) is 10.3. The molecule has 2 rings (SSSR count). The zero-order chi connectivity index (χ0) is 15.6. The first-order valence-electron chi connectivity index (χ1n) is 5.55. The van der Waals surface area contributed by atoms with Gasteiger partial charge in [0.15, 0.2) is 0 Å². The predicted molar refractivity (Wildman–Crippen MR) is 85.1 cm³/mol. The number of nitro groups is 1. The summed E-state index contributed by atoms with van der Waals surface area (Å²) in [6.07, 6.45) is 0.958. The van der Waals surface area contributed by atoms with Gasteiger partial charge in [0.2, 0.25) is 0 Å². The number of benzene rings is 1. The first-order valence-corrected chi connectivity index (χ1v) is 7.14. The van der Waals surface area contributed by atoms with Gasteiger partial charge < -0.3 is 11.1 Å². The van der Waals surface area contributed by atoms with Gasteiger partial charge in [0, 0.05) is 8.95 Å².